The van der Waals surface area contributed by atoms with E-state index < -0.39 is 0 Å². The lowest BCUT2D eigenvalue weighted by Gasteiger charge is -2.30. The summed E-state index contributed by atoms with van der Waals surface area (Å²) in [5.74, 6) is -0.318. The van der Waals surface area contributed by atoms with Gasteiger partial charge in [0.05, 0.1) is 11.6 Å². The lowest BCUT2D eigenvalue weighted by Crippen LogP contribution is -2.39. The van der Waals surface area contributed by atoms with Gasteiger partial charge in [-0.05, 0) is 59.2 Å². The Morgan fingerprint density at radius 1 is 1.19 bits per heavy atom. The number of halogens is 1. The maximum atomic E-state index is 13.5. The van der Waals surface area contributed by atoms with E-state index in [2.05, 4.69) is 34.0 Å². The molecule has 2 heterocycles. The fourth-order valence-corrected chi connectivity index (χ4v) is 4.83. The quantitative estimate of drug-likeness (QED) is 0.525. The molecule has 1 aliphatic rings. The highest BCUT2D eigenvalue weighted by Gasteiger charge is 2.35. The molecule has 4 nitrogen and oxygen atoms in total. The van der Waals surface area contributed by atoms with Crippen LogP contribution in [0.5, 0.6) is 0 Å². The van der Waals surface area contributed by atoms with Crippen molar-refractivity contribution in [2.24, 2.45) is 0 Å². The van der Waals surface area contributed by atoms with E-state index in [0.29, 0.717) is 5.56 Å². The zero-order valence-corrected chi connectivity index (χ0v) is 17.6. The fourth-order valence-electron chi connectivity index (χ4n) is 3.36. The molecule has 0 radical (unpaired) electrons. The Morgan fingerprint density at radius 2 is 2.00 bits per heavy atom. The van der Waals surface area contributed by atoms with Crippen molar-refractivity contribution >= 4 is 51.4 Å². The zero-order chi connectivity index (χ0) is 19.0. The molecule has 2 aromatic carbocycles. The maximum absolute atomic E-state index is 13.5. The van der Waals surface area contributed by atoms with Gasteiger partial charge in [-0.15, -0.1) is 11.3 Å². The van der Waals surface area contributed by atoms with Crippen LogP contribution in [0, 0.1) is 10.5 Å². The molecule has 0 spiro atoms. The first-order valence-corrected chi connectivity index (χ1v) is 10.5. The van der Waals surface area contributed by atoms with Crippen LogP contribution in [0.2, 0.25) is 0 Å². The normalized spacial score (nSPS) is 16.4. The van der Waals surface area contributed by atoms with E-state index >= 15 is 0 Å². The third kappa shape index (κ3) is 3.51. The van der Waals surface area contributed by atoms with Crippen LogP contribution >= 0.6 is 33.9 Å². The Morgan fingerprint density at radius 3 is 2.74 bits per heavy atom. The molecule has 1 aromatic heterocycles. The molecule has 4 rings (SSSR count). The minimum Gasteiger partial charge on any atom is -0.324 e. The number of fused-ring (bicyclic) bond motifs is 1. The predicted octanol–water partition coefficient (Wildman–Crippen LogP) is 4.85. The maximum Gasteiger partial charge on any atom is 0.256 e. The summed E-state index contributed by atoms with van der Waals surface area (Å²) < 4.78 is 0.874. The summed E-state index contributed by atoms with van der Waals surface area (Å²) in [6.07, 6.45) is 0. The number of hydrogen-bond donors (Lipinski definition) is 1. The second-order valence-electron chi connectivity index (χ2n) is 6.47. The lowest BCUT2D eigenvalue weighted by molar-refractivity contribution is -0.117. The van der Waals surface area contributed by atoms with Crippen LogP contribution in [0.25, 0.3) is 0 Å². The Balaban J connectivity index is 1.89. The van der Waals surface area contributed by atoms with Gasteiger partial charge in [-0.2, -0.15) is 0 Å². The molecule has 0 fully saturated rings. The number of thiophene rings is 1. The van der Waals surface area contributed by atoms with Gasteiger partial charge < -0.3 is 10.2 Å². The van der Waals surface area contributed by atoms with E-state index in [4.69, 9.17) is 0 Å². The van der Waals surface area contributed by atoms with Crippen molar-refractivity contribution in [3.8, 4) is 0 Å². The van der Waals surface area contributed by atoms with Gasteiger partial charge >= 0.3 is 0 Å². The number of aryl methyl sites for hydroxylation is 1. The first-order valence-electron chi connectivity index (χ1n) is 8.54. The smallest absolute Gasteiger partial charge is 0.256 e. The van der Waals surface area contributed by atoms with Gasteiger partial charge in [0.2, 0.25) is 5.91 Å². The highest BCUT2D eigenvalue weighted by molar-refractivity contribution is 14.1. The second kappa shape index (κ2) is 7.44. The second-order valence-corrected chi connectivity index (χ2v) is 8.61. The predicted molar refractivity (Wildman–Crippen MR) is 116 cm³/mol. The number of anilines is 1. The zero-order valence-electron chi connectivity index (χ0n) is 14.6. The molecule has 0 bridgehead atoms. The van der Waals surface area contributed by atoms with E-state index in [1.807, 2.05) is 60.8 Å². The number of benzene rings is 2. The number of hydrogen-bond acceptors (Lipinski definition) is 3. The standard InChI is InChI=1S/C21H17IN2O2S/c1-13-8-9-17-15(11-13)20(18-7-4-10-27-18)24(12-19(25)23-17)21(26)14-5-2-3-6-16(14)22/h2-11,20H,12H2,1H3,(H,23,25). The lowest BCUT2D eigenvalue weighted by atomic mass is 9.99. The average Bonchev–Trinajstić information content (AvgIpc) is 3.13. The Bertz CT molecular complexity index is 1020. The van der Waals surface area contributed by atoms with Crippen molar-refractivity contribution < 1.29 is 9.59 Å². The molecule has 6 heteroatoms. The van der Waals surface area contributed by atoms with Crippen LogP contribution in [0.3, 0.4) is 0 Å². The third-order valence-electron chi connectivity index (χ3n) is 4.58. The van der Waals surface area contributed by atoms with Crippen molar-refractivity contribution in [1.29, 1.82) is 0 Å². The number of nitrogens with one attached hydrogen (secondary N) is 1. The van der Waals surface area contributed by atoms with Gasteiger partial charge in [-0.1, -0.05) is 35.9 Å². The first-order chi connectivity index (χ1) is 13.0. The molecule has 1 aliphatic heterocycles. The number of carbonyl (C=O) groups excluding carboxylic acids is 2. The van der Waals surface area contributed by atoms with Crippen LogP contribution in [0.15, 0.2) is 60.0 Å². The first kappa shape index (κ1) is 18.2. The Hall–Kier alpha value is -2.19. The number of amides is 2. The van der Waals surface area contributed by atoms with Crippen molar-refractivity contribution in [3.05, 3.63) is 85.1 Å². The number of nitrogens with zero attached hydrogens (tertiary/aromatic N) is 1. The van der Waals surface area contributed by atoms with Gasteiger partial charge in [0.1, 0.15) is 6.54 Å². The average molecular weight is 488 g/mol. The van der Waals surface area contributed by atoms with Crippen LogP contribution in [0.1, 0.15) is 32.4 Å². The SMILES string of the molecule is Cc1ccc2c(c1)C(c1cccs1)N(C(=O)c1ccccc1I)CC(=O)N2. The van der Waals surface area contributed by atoms with Crippen molar-refractivity contribution in [2.75, 3.05) is 11.9 Å². The molecule has 0 aliphatic carbocycles. The van der Waals surface area contributed by atoms with Crippen molar-refractivity contribution in [3.63, 3.8) is 0 Å². The third-order valence-corrected chi connectivity index (χ3v) is 6.44. The van der Waals surface area contributed by atoms with Crippen LogP contribution in [-0.2, 0) is 4.79 Å². The number of carbonyl (C=O) groups is 2. The number of rotatable bonds is 2. The molecule has 0 saturated heterocycles. The van der Waals surface area contributed by atoms with Crippen LogP contribution in [0.4, 0.5) is 5.69 Å². The largest absolute Gasteiger partial charge is 0.324 e. The summed E-state index contributed by atoms with van der Waals surface area (Å²) in [4.78, 5) is 28.8. The van der Waals surface area contributed by atoms with E-state index in [9.17, 15) is 9.59 Å². The molecule has 1 N–H and O–H groups in total. The molecule has 1 atom stereocenters. The van der Waals surface area contributed by atoms with Gasteiger partial charge in [0.15, 0.2) is 0 Å². The topological polar surface area (TPSA) is 49.4 Å². The fraction of sp³-hybridized carbons (Fsp3) is 0.143. The highest BCUT2D eigenvalue weighted by Crippen LogP contribution is 2.39. The summed E-state index contributed by atoms with van der Waals surface area (Å²) >= 11 is 3.76. The highest BCUT2D eigenvalue weighted by atomic mass is 127. The van der Waals surface area contributed by atoms with Gasteiger partial charge in [0.25, 0.3) is 5.91 Å². The molecule has 27 heavy (non-hydrogen) atoms. The Kier molecular flexibility index (Phi) is 5.01. The summed E-state index contributed by atoms with van der Waals surface area (Å²) in [5.41, 5.74) is 3.42. The van der Waals surface area contributed by atoms with Gasteiger partial charge in [-0.3, -0.25) is 9.59 Å². The van der Waals surface area contributed by atoms with E-state index in [1.54, 1.807) is 16.2 Å². The monoisotopic (exact) mass is 488 g/mol. The summed E-state index contributed by atoms with van der Waals surface area (Å²) in [7, 11) is 0. The molecule has 1 unspecified atom stereocenters. The van der Waals surface area contributed by atoms with Crippen molar-refractivity contribution in [1.82, 2.24) is 4.90 Å². The molecule has 2 amide bonds. The summed E-state index contributed by atoms with van der Waals surface area (Å²) in [5, 5.41) is 4.96. The van der Waals surface area contributed by atoms with E-state index in [-0.39, 0.29) is 24.4 Å². The minimum absolute atomic E-state index is 0.0140. The van der Waals surface area contributed by atoms with Crippen molar-refractivity contribution in [2.45, 2.75) is 13.0 Å². The van der Waals surface area contributed by atoms with E-state index in [1.165, 1.54) is 0 Å². The minimum atomic E-state index is -0.303. The molecule has 3 aromatic rings. The molecule has 0 saturated carbocycles. The summed E-state index contributed by atoms with van der Waals surface area (Å²) in [6.45, 7) is 2.03. The van der Waals surface area contributed by atoms with Crippen LogP contribution in [-0.4, -0.2) is 23.3 Å². The van der Waals surface area contributed by atoms with Gasteiger partial charge in [-0.25, -0.2) is 0 Å². The molecule has 136 valence electrons. The van der Waals surface area contributed by atoms with Crippen LogP contribution < -0.4 is 5.32 Å². The molecular formula is C21H17IN2O2S. The Labute approximate surface area is 175 Å². The van der Waals surface area contributed by atoms with Gasteiger partial charge in [0, 0.05) is 19.7 Å². The summed E-state index contributed by atoms with van der Waals surface area (Å²) in [6, 6.07) is 17.1. The molecular weight excluding hydrogens is 471 g/mol. The van der Waals surface area contributed by atoms with E-state index in [0.717, 1.165) is 25.3 Å².